The average Bonchev–Trinajstić information content (AvgIpc) is 3.03. The van der Waals surface area contributed by atoms with Crippen LogP contribution < -0.4 is 10.8 Å². The molecule has 3 heterocycles. The van der Waals surface area contributed by atoms with Crippen molar-refractivity contribution in [1.29, 1.82) is 0 Å². The van der Waals surface area contributed by atoms with Crippen molar-refractivity contribution >= 4 is 29.8 Å². The van der Waals surface area contributed by atoms with Gasteiger partial charge < -0.3 is 19.4 Å². The summed E-state index contributed by atoms with van der Waals surface area (Å²) >= 11 is 1.43. The van der Waals surface area contributed by atoms with Gasteiger partial charge in [-0.1, -0.05) is 0 Å². The summed E-state index contributed by atoms with van der Waals surface area (Å²) in [5.74, 6) is -0.0235. The van der Waals surface area contributed by atoms with E-state index >= 15 is 0 Å². The minimum atomic E-state index is -0.416. The molecular formula is C16H24BNO4S. The first-order chi connectivity index (χ1) is 10.8. The Morgan fingerprint density at radius 2 is 1.83 bits per heavy atom. The smallest absolute Gasteiger partial charge is 0.399 e. The summed E-state index contributed by atoms with van der Waals surface area (Å²) in [6, 6.07) is 2.08. The Hall–Kier alpha value is -0.885. The summed E-state index contributed by atoms with van der Waals surface area (Å²) < 4.78 is 17.4. The van der Waals surface area contributed by atoms with Gasteiger partial charge in [-0.3, -0.25) is 4.79 Å². The molecule has 0 saturated carbocycles. The molecule has 1 N–H and O–H groups in total. The zero-order valence-corrected chi connectivity index (χ0v) is 15.0. The first-order valence-electron chi connectivity index (χ1n) is 8.11. The van der Waals surface area contributed by atoms with Crippen LogP contribution >= 0.6 is 11.3 Å². The fourth-order valence-corrected chi connectivity index (χ4v) is 3.48. The van der Waals surface area contributed by atoms with Crippen molar-refractivity contribution in [2.75, 3.05) is 13.2 Å². The molecule has 126 valence electrons. The summed E-state index contributed by atoms with van der Waals surface area (Å²) in [4.78, 5) is 13.1. The Morgan fingerprint density at radius 1 is 1.22 bits per heavy atom. The number of carbonyl (C=O) groups excluding carboxylic acids is 1. The number of amides is 1. The first kappa shape index (κ1) is 17.0. The van der Waals surface area contributed by atoms with Gasteiger partial charge in [-0.2, -0.15) is 0 Å². The van der Waals surface area contributed by atoms with E-state index in [-0.39, 0.29) is 23.2 Å². The molecule has 0 radical (unpaired) electrons. The summed E-state index contributed by atoms with van der Waals surface area (Å²) in [6.07, 6.45) is 1.75. The molecule has 0 unspecified atom stereocenters. The highest BCUT2D eigenvalue weighted by molar-refractivity contribution is 7.13. The van der Waals surface area contributed by atoms with E-state index in [1.165, 1.54) is 11.3 Å². The van der Waals surface area contributed by atoms with Crippen molar-refractivity contribution in [1.82, 2.24) is 5.32 Å². The largest absolute Gasteiger partial charge is 0.495 e. The molecular weight excluding hydrogens is 313 g/mol. The lowest BCUT2D eigenvalue weighted by molar-refractivity contribution is 0.00578. The molecule has 2 fully saturated rings. The van der Waals surface area contributed by atoms with Crippen LogP contribution in [0.4, 0.5) is 0 Å². The predicted octanol–water partition coefficient (Wildman–Crippen LogP) is 1.96. The molecule has 2 aliphatic rings. The highest BCUT2D eigenvalue weighted by Crippen LogP contribution is 2.36. The van der Waals surface area contributed by atoms with Gasteiger partial charge in [-0.15, -0.1) is 11.3 Å². The van der Waals surface area contributed by atoms with Crippen LogP contribution in [0.2, 0.25) is 0 Å². The van der Waals surface area contributed by atoms with Gasteiger partial charge >= 0.3 is 7.12 Å². The fraction of sp³-hybridized carbons (Fsp3) is 0.688. The first-order valence-corrected chi connectivity index (χ1v) is 8.99. The second kappa shape index (κ2) is 6.20. The van der Waals surface area contributed by atoms with Crippen LogP contribution in [0.5, 0.6) is 0 Å². The number of nitrogens with one attached hydrogen (secondary N) is 1. The molecule has 7 heteroatoms. The van der Waals surface area contributed by atoms with Gasteiger partial charge in [0.2, 0.25) is 0 Å². The van der Waals surface area contributed by atoms with Crippen molar-refractivity contribution in [3.63, 3.8) is 0 Å². The molecule has 2 aliphatic heterocycles. The Bertz CT molecular complexity index is 564. The molecule has 0 bridgehead atoms. The lowest BCUT2D eigenvalue weighted by Gasteiger charge is -2.32. The number of carbonyl (C=O) groups is 1. The molecule has 2 saturated heterocycles. The third-order valence-corrected chi connectivity index (χ3v) is 5.87. The van der Waals surface area contributed by atoms with Gasteiger partial charge in [0.15, 0.2) is 0 Å². The Morgan fingerprint density at radius 3 is 2.43 bits per heavy atom. The molecule has 3 rings (SSSR count). The van der Waals surface area contributed by atoms with Crippen molar-refractivity contribution in [2.45, 2.75) is 57.8 Å². The second-order valence-electron chi connectivity index (χ2n) is 7.19. The van der Waals surface area contributed by atoms with Crippen LogP contribution in [0.25, 0.3) is 0 Å². The fourth-order valence-electron chi connectivity index (χ4n) is 2.67. The summed E-state index contributed by atoms with van der Waals surface area (Å²) in [5, 5.41) is 5.03. The minimum Gasteiger partial charge on any atom is -0.399 e. The van der Waals surface area contributed by atoms with Crippen molar-refractivity contribution in [2.24, 2.45) is 0 Å². The molecule has 1 aromatic rings. The standard InChI is InChI=1S/C16H24BNO4S/c1-15(2)16(3,4)22-17(21-15)11-9-13(23-10-11)14(19)18-12-5-7-20-8-6-12/h9-10,12H,5-8H2,1-4H3,(H,18,19). The highest BCUT2D eigenvalue weighted by atomic mass is 32.1. The van der Waals surface area contributed by atoms with Crippen LogP contribution in [0.15, 0.2) is 11.4 Å². The number of thiophene rings is 1. The van der Waals surface area contributed by atoms with E-state index < -0.39 is 7.12 Å². The van der Waals surface area contributed by atoms with Crippen molar-refractivity contribution in [3.05, 3.63) is 16.3 Å². The lowest BCUT2D eigenvalue weighted by Crippen LogP contribution is -2.41. The number of hydrogen-bond acceptors (Lipinski definition) is 5. The van der Waals surface area contributed by atoms with E-state index in [0.717, 1.165) is 18.3 Å². The third kappa shape index (κ3) is 3.48. The topological polar surface area (TPSA) is 56.8 Å². The van der Waals surface area contributed by atoms with Crippen LogP contribution in [-0.4, -0.2) is 43.5 Å². The van der Waals surface area contributed by atoms with Crippen LogP contribution in [0.3, 0.4) is 0 Å². The maximum Gasteiger partial charge on any atom is 0.495 e. The van der Waals surface area contributed by atoms with Crippen LogP contribution in [0.1, 0.15) is 50.2 Å². The number of ether oxygens (including phenoxy) is 1. The van der Waals surface area contributed by atoms with Gasteiger partial charge in [-0.05, 0) is 57.4 Å². The van der Waals surface area contributed by atoms with Crippen molar-refractivity contribution < 1.29 is 18.8 Å². The Labute approximate surface area is 141 Å². The van der Waals surface area contributed by atoms with E-state index in [0.29, 0.717) is 18.1 Å². The molecule has 0 spiro atoms. The summed E-state index contributed by atoms with van der Waals surface area (Å²) in [5.41, 5.74) is 0.166. The maximum atomic E-state index is 12.4. The Balaban J connectivity index is 1.65. The number of rotatable bonds is 3. The molecule has 0 aromatic carbocycles. The zero-order valence-electron chi connectivity index (χ0n) is 14.2. The SMILES string of the molecule is CC1(C)OB(c2csc(C(=O)NC3CCOCC3)c2)OC1(C)C. The normalized spacial score (nSPS) is 23.9. The molecule has 0 atom stereocenters. The maximum absolute atomic E-state index is 12.4. The third-order valence-electron chi connectivity index (χ3n) is 4.93. The van der Waals surface area contributed by atoms with Gasteiger partial charge in [-0.25, -0.2) is 0 Å². The van der Waals surface area contributed by atoms with Crippen molar-refractivity contribution in [3.8, 4) is 0 Å². The van der Waals surface area contributed by atoms with Gasteiger partial charge in [0.25, 0.3) is 5.91 Å². The lowest BCUT2D eigenvalue weighted by atomic mass is 9.81. The predicted molar refractivity (Wildman–Crippen MR) is 91.3 cm³/mol. The summed E-state index contributed by atoms with van der Waals surface area (Å²) in [6.45, 7) is 9.54. The molecule has 0 aliphatic carbocycles. The molecule has 5 nitrogen and oxygen atoms in total. The molecule has 1 amide bonds. The van der Waals surface area contributed by atoms with E-state index in [2.05, 4.69) is 5.32 Å². The Kier molecular flexibility index (Phi) is 4.57. The van der Waals surface area contributed by atoms with Gasteiger partial charge in [0, 0.05) is 19.3 Å². The summed E-state index contributed by atoms with van der Waals surface area (Å²) in [7, 11) is -0.416. The van der Waals surface area contributed by atoms with Gasteiger partial charge in [0.1, 0.15) is 0 Å². The monoisotopic (exact) mass is 337 g/mol. The average molecular weight is 337 g/mol. The second-order valence-corrected chi connectivity index (χ2v) is 8.10. The van der Waals surface area contributed by atoms with E-state index in [9.17, 15) is 4.79 Å². The van der Waals surface area contributed by atoms with Crippen LogP contribution in [-0.2, 0) is 14.0 Å². The van der Waals surface area contributed by atoms with Gasteiger partial charge in [0.05, 0.1) is 16.1 Å². The zero-order chi connectivity index (χ0) is 16.7. The molecule has 1 aromatic heterocycles. The number of hydrogen-bond donors (Lipinski definition) is 1. The minimum absolute atomic E-state index is 0.0235. The molecule has 23 heavy (non-hydrogen) atoms. The van der Waals surface area contributed by atoms with E-state index in [1.54, 1.807) is 0 Å². The highest BCUT2D eigenvalue weighted by Gasteiger charge is 2.52. The quantitative estimate of drug-likeness (QED) is 0.857. The van der Waals surface area contributed by atoms with E-state index in [1.807, 2.05) is 39.1 Å². The van der Waals surface area contributed by atoms with E-state index in [4.69, 9.17) is 14.0 Å². The van der Waals surface area contributed by atoms with Crippen LogP contribution in [0, 0.1) is 0 Å².